The number of fused-ring (bicyclic) bond motifs is 1. The van der Waals surface area contributed by atoms with E-state index in [1.54, 1.807) is 30.3 Å². The second-order valence-electron chi connectivity index (χ2n) is 7.67. The van der Waals surface area contributed by atoms with Crippen LogP contribution in [0.15, 0.2) is 48.5 Å². The summed E-state index contributed by atoms with van der Waals surface area (Å²) in [6.07, 6.45) is 0. The van der Waals surface area contributed by atoms with E-state index in [9.17, 15) is 29.6 Å². The van der Waals surface area contributed by atoms with Crippen molar-refractivity contribution in [2.45, 2.75) is 18.5 Å². The fourth-order valence-corrected chi connectivity index (χ4v) is 4.54. The number of hydrogen-bond acceptors (Lipinski definition) is 8. The molecule has 2 amide bonds. The van der Waals surface area contributed by atoms with Crippen LogP contribution in [0.25, 0.3) is 0 Å². The van der Waals surface area contributed by atoms with Crippen molar-refractivity contribution < 1.29 is 29.2 Å². The number of nitrogens with zero attached hydrogens (tertiary/aromatic N) is 2. The van der Waals surface area contributed by atoms with E-state index in [4.69, 9.17) is 4.74 Å². The molecule has 0 aromatic heterocycles. The molecule has 0 bridgehead atoms. The third-order valence-electron chi connectivity index (χ3n) is 5.97. The highest BCUT2D eigenvalue weighted by Gasteiger charge is 2.67. The minimum atomic E-state index is -1.53. The van der Waals surface area contributed by atoms with Crippen molar-refractivity contribution in [2.24, 2.45) is 11.8 Å². The molecule has 2 aliphatic rings. The molecule has 10 heteroatoms. The number of esters is 1. The minimum Gasteiger partial charge on any atom is -0.502 e. The quantitative estimate of drug-likeness (QED) is 0.326. The molecule has 2 unspecified atom stereocenters. The van der Waals surface area contributed by atoms with E-state index in [0.29, 0.717) is 11.3 Å². The Hall–Kier alpha value is -3.79. The molecular weight excluding hydrogens is 406 g/mol. The molecule has 4 rings (SSSR count). The predicted octanol–water partition coefficient (Wildman–Crippen LogP) is 1.68. The van der Waals surface area contributed by atoms with E-state index < -0.39 is 57.6 Å². The van der Waals surface area contributed by atoms with Crippen LogP contribution in [0.3, 0.4) is 0 Å². The Morgan fingerprint density at radius 1 is 1.19 bits per heavy atom. The number of carbonyl (C=O) groups excluding carboxylic acids is 3. The molecular formula is C21H19N3O7. The Balaban J connectivity index is 1.85. The smallest absolute Gasteiger partial charge is 0.326 e. The number of hydrogen-bond donors (Lipinski definition) is 2. The van der Waals surface area contributed by atoms with E-state index in [2.05, 4.69) is 5.32 Å². The highest BCUT2D eigenvalue weighted by atomic mass is 16.6. The number of aromatic hydroxyl groups is 1. The summed E-state index contributed by atoms with van der Waals surface area (Å²) in [5, 5.41) is 24.1. The van der Waals surface area contributed by atoms with Gasteiger partial charge in [-0.3, -0.25) is 29.8 Å². The van der Waals surface area contributed by atoms with Crippen molar-refractivity contribution in [3.8, 4) is 5.75 Å². The summed E-state index contributed by atoms with van der Waals surface area (Å²) in [4.78, 5) is 51.0. The Morgan fingerprint density at radius 2 is 1.87 bits per heavy atom. The van der Waals surface area contributed by atoms with Gasteiger partial charge in [0.15, 0.2) is 5.75 Å². The third-order valence-corrected chi connectivity index (χ3v) is 5.97. The van der Waals surface area contributed by atoms with Gasteiger partial charge in [0, 0.05) is 12.1 Å². The van der Waals surface area contributed by atoms with Gasteiger partial charge in [-0.1, -0.05) is 24.3 Å². The lowest BCUT2D eigenvalue weighted by Crippen LogP contribution is -2.54. The Labute approximate surface area is 176 Å². The van der Waals surface area contributed by atoms with Crippen LogP contribution < -0.4 is 10.2 Å². The maximum atomic E-state index is 13.4. The highest BCUT2D eigenvalue weighted by molar-refractivity contribution is 6.24. The minimum absolute atomic E-state index is 0.295. The molecule has 4 atom stereocenters. The second kappa shape index (κ2) is 7.17. The van der Waals surface area contributed by atoms with Gasteiger partial charge in [0.1, 0.15) is 5.54 Å². The Bertz CT molecular complexity index is 1100. The number of nitro groups is 1. The predicted molar refractivity (Wildman–Crippen MR) is 107 cm³/mol. The first kappa shape index (κ1) is 20.5. The van der Waals surface area contributed by atoms with E-state index in [0.717, 1.165) is 17.0 Å². The van der Waals surface area contributed by atoms with Crippen LogP contribution in [0.5, 0.6) is 5.75 Å². The molecule has 31 heavy (non-hydrogen) atoms. The first-order valence-corrected chi connectivity index (χ1v) is 9.47. The fraction of sp³-hybridized carbons (Fsp3) is 0.286. The zero-order valence-electron chi connectivity index (χ0n) is 16.6. The molecule has 2 saturated heterocycles. The van der Waals surface area contributed by atoms with Crippen LogP contribution in [0.1, 0.15) is 18.5 Å². The molecule has 0 spiro atoms. The van der Waals surface area contributed by atoms with Gasteiger partial charge in [-0.2, -0.15) is 0 Å². The summed E-state index contributed by atoms with van der Waals surface area (Å²) in [6.45, 7) is 1.48. The monoisotopic (exact) mass is 425 g/mol. The van der Waals surface area contributed by atoms with Crippen LogP contribution in [-0.2, 0) is 19.1 Å². The van der Waals surface area contributed by atoms with Crippen molar-refractivity contribution in [1.82, 2.24) is 5.32 Å². The zero-order chi connectivity index (χ0) is 22.5. The molecule has 2 aromatic rings. The maximum Gasteiger partial charge on any atom is 0.326 e. The lowest BCUT2D eigenvalue weighted by molar-refractivity contribution is -0.385. The number of methoxy groups -OCH3 is 1. The lowest BCUT2D eigenvalue weighted by Gasteiger charge is -2.28. The number of benzene rings is 2. The number of ether oxygens (including phenoxy) is 1. The number of rotatable bonds is 4. The van der Waals surface area contributed by atoms with Gasteiger partial charge in [-0.15, -0.1) is 0 Å². The molecule has 2 heterocycles. The molecule has 0 aliphatic carbocycles. The number of anilines is 1. The van der Waals surface area contributed by atoms with Gasteiger partial charge in [-0.05, 0) is 30.7 Å². The number of imide groups is 1. The second-order valence-corrected chi connectivity index (χ2v) is 7.67. The third kappa shape index (κ3) is 2.95. The summed E-state index contributed by atoms with van der Waals surface area (Å²) in [7, 11) is 1.18. The van der Waals surface area contributed by atoms with Crippen molar-refractivity contribution >= 4 is 29.2 Å². The molecule has 0 saturated carbocycles. The summed E-state index contributed by atoms with van der Waals surface area (Å²) >= 11 is 0. The fourth-order valence-electron chi connectivity index (χ4n) is 4.54. The normalized spacial score (nSPS) is 27.3. The van der Waals surface area contributed by atoms with Gasteiger partial charge in [-0.25, -0.2) is 4.90 Å². The van der Waals surface area contributed by atoms with Crippen LogP contribution in [0.4, 0.5) is 11.4 Å². The maximum absolute atomic E-state index is 13.4. The van der Waals surface area contributed by atoms with E-state index in [-0.39, 0.29) is 0 Å². The number of nitrogens with one attached hydrogen (secondary N) is 1. The van der Waals surface area contributed by atoms with E-state index in [1.165, 1.54) is 20.1 Å². The van der Waals surface area contributed by atoms with Crippen molar-refractivity contribution in [2.75, 3.05) is 12.0 Å². The van der Waals surface area contributed by atoms with E-state index in [1.807, 2.05) is 0 Å². The van der Waals surface area contributed by atoms with Gasteiger partial charge >= 0.3 is 11.7 Å². The molecule has 10 nitrogen and oxygen atoms in total. The van der Waals surface area contributed by atoms with Crippen LogP contribution in [-0.4, -0.2) is 40.5 Å². The number of amides is 2. The molecule has 2 aliphatic heterocycles. The molecule has 2 fully saturated rings. The molecule has 2 aromatic carbocycles. The van der Waals surface area contributed by atoms with Crippen molar-refractivity contribution in [3.63, 3.8) is 0 Å². The van der Waals surface area contributed by atoms with Gasteiger partial charge < -0.3 is 9.84 Å². The number of para-hydroxylation sites is 1. The molecule has 2 N–H and O–H groups in total. The highest BCUT2D eigenvalue weighted by Crippen LogP contribution is 2.50. The van der Waals surface area contributed by atoms with Gasteiger partial charge in [0.2, 0.25) is 11.8 Å². The Morgan fingerprint density at radius 3 is 2.48 bits per heavy atom. The van der Waals surface area contributed by atoms with Crippen molar-refractivity contribution in [3.05, 3.63) is 64.2 Å². The summed E-state index contributed by atoms with van der Waals surface area (Å²) in [5.41, 5.74) is -1.41. The van der Waals surface area contributed by atoms with E-state index >= 15 is 0 Å². The zero-order valence-corrected chi connectivity index (χ0v) is 16.6. The number of carbonyl (C=O) groups is 3. The lowest BCUT2D eigenvalue weighted by atomic mass is 9.80. The van der Waals surface area contributed by atoms with Crippen molar-refractivity contribution in [1.29, 1.82) is 0 Å². The van der Waals surface area contributed by atoms with Crippen LogP contribution in [0, 0.1) is 22.0 Å². The van der Waals surface area contributed by atoms with Gasteiger partial charge in [0.05, 0.1) is 29.6 Å². The Kier molecular flexibility index (Phi) is 4.74. The molecule has 160 valence electrons. The average Bonchev–Trinajstić information content (AvgIpc) is 3.22. The largest absolute Gasteiger partial charge is 0.502 e. The van der Waals surface area contributed by atoms with Crippen LogP contribution >= 0.6 is 0 Å². The molecule has 0 radical (unpaired) electrons. The number of phenols is 1. The average molecular weight is 425 g/mol. The summed E-state index contributed by atoms with van der Waals surface area (Å²) in [6, 6.07) is 11.1. The summed E-state index contributed by atoms with van der Waals surface area (Å²) in [5.74, 6) is -4.42. The van der Waals surface area contributed by atoms with Gasteiger partial charge in [0.25, 0.3) is 0 Å². The van der Waals surface area contributed by atoms with Crippen LogP contribution in [0.2, 0.25) is 0 Å². The number of nitro benzene ring substituents is 1. The number of phenolic OH excluding ortho intramolecular Hbond substituents is 1. The first-order valence-electron chi connectivity index (χ1n) is 9.47. The first-order chi connectivity index (χ1) is 14.7. The SMILES string of the molecule is COC(=O)[C@]1(C)N[C@@H](c2ccc(O)c([N+](=O)[O-])c2)C2C(=O)N(c3ccccc3)C(=O)C21. The topological polar surface area (TPSA) is 139 Å². The summed E-state index contributed by atoms with van der Waals surface area (Å²) < 4.78 is 4.90. The standard InChI is InChI=1S/C21H19N3O7/c1-21(20(28)31-2)16-15(18(26)23(19(16)27)12-6-4-3-5-7-12)17(22-21)11-8-9-14(25)13(10-11)24(29)30/h3-10,15-17,22,25H,1-2H3/t15?,16?,17-,21+/m0/s1.